The second-order valence-electron chi connectivity index (χ2n) is 4.83. The molecule has 134 valence electrons. The Labute approximate surface area is 148 Å². The lowest BCUT2D eigenvalue weighted by molar-refractivity contribution is -0.133. The summed E-state index contributed by atoms with van der Waals surface area (Å²) < 4.78 is 31.8. The van der Waals surface area contributed by atoms with Gasteiger partial charge in [0.1, 0.15) is 9.77 Å². The highest BCUT2D eigenvalue weighted by Crippen LogP contribution is 2.25. The van der Waals surface area contributed by atoms with Crippen LogP contribution in [-0.4, -0.2) is 74.1 Å². The minimum atomic E-state index is -3.72. The molecule has 2 rings (SSSR count). The van der Waals surface area contributed by atoms with Gasteiger partial charge in [0, 0.05) is 25.4 Å². The molecule has 0 atom stereocenters. The zero-order valence-electron chi connectivity index (χ0n) is 12.8. The fourth-order valence-corrected chi connectivity index (χ4v) is 5.36. The van der Waals surface area contributed by atoms with E-state index in [1.807, 2.05) is 0 Å². The number of carbonyl (C=O) groups is 2. The number of sulfonamides is 1. The van der Waals surface area contributed by atoms with Crippen molar-refractivity contribution >= 4 is 45.0 Å². The smallest absolute Gasteiger partial charge is 0.313 e. The molecule has 1 saturated heterocycles. The maximum atomic E-state index is 12.7. The summed E-state index contributed by atoms with van der Waals surface area (Å²) in [6, 6.07) is 1.43. The first-order chi connectivity index (χ1) is 11.4. The van der Waals surface area contributed by atoms with Gasteiger partial charge < -0.3 is 15.2 Å². The van der Waals surface area contributed by atoms with E-state index in [0.717, 1.165) is 11.3 Å². The molecule has 24 heavy (non-hydrogen) atoms. The number of carboxylic acids is 1. The van der Waals surface area contributed by atoms with Crippen molar-refractivity contribution in [1.29, 1.82) is 0 Å². The maximum Gasteiger partial charge on any atom is 0.313 e. The van der Waals surface area contributed by atoms with Crippen LogP contribution in [-0.2, 0) is 19.6 Å². The van der Waals surface area contributed by atoms with Crippen molar-refractivity contribution in [3.05, 3.63) is 16.3 Å². The highest BCUT2D eigenvalue weighted by atomic mass is 32.2. The van der Waals surface area contributed by atoms with Crippen LogP contribution in [0.4, 0.5) is 0 Å². The molecule has 1 amide bonds. The fraction of sp³-hybridized carbons (Fsp3) is 0.538. The van der Waals surface area contributed by atoms with E-state index in [-0.39, 0.29) is 35.2 Å². The van der Waals surface area contributed by atoms with Gasteiger partial charge in [-0.2, -0.15) is 4.31 Å². The van der Waals surface area contributed by atoms with Crippen molar-refractivity contribution in [3.8, 4) is 0 Å². The molecule has 1 aliphatic heterocycles. The average molecular weight is 394 g/mol. The van der Waals surface area contributed by atoms with E-state index < -0.39 is 21.9 Å². The molecule has 2 N–H and O–H groups in total. The monoisotopic (exact) mass is 394 g/mol. The van der Waals surface area contributed by atoms with Gasteiger partial charge in [0.25, 0.3) is 5.91 Å². The number of carbonyl (C=O) groups excluding carboxylic acids is 1. The van der Waals surface area contributed by atoms with Gasteiger partial charge in [0.15, 0.2) is 0 Å². The standard InChI is InChI=1S/C13H18N2O6S3/c16-11(17)9-22-8-2-14-13(18)12-10(1-7-23-12)24(19,20)15-3-5-21-6-4-15/h1,7H,2-6,8-9H2,(H,14,18)(H,16,17). The molecule has 0 spiro atoms. The number of nitrogens with zero attached hydrogens (tertiary/aromatic N) is 1. The van der Waals surface area contributed by atoms with E-state index in [2.05, 4.69) is 5.32 Å². The van der Waals surface area contributed by atoms with Gasteiger partial charge in [-0.3, -0.25) is 9.59 Å². The highest BCUT2D eigenvalue weighted by Gasteiger charge is 2.31. The van der Waals surface area contributed by atoms with E-state index in [4.69, 9.17) is 9.84 Å². The summed E-state index contributed by atoms with van der Waals surface area (Å²) in [6.45, 7) is 1.49. The van der Waals surface area contributed by atoms with Gasteiger partial charge in [-0.25, -0.2) is 8.42 Å². The Bertz CT molecular complexity index is 682. The number of rotatable bonds is 8. The molecule has 0 aromatic carbocycles. The minimum absolute atomic E-state index is 0.00471. The lowest BCUT2D eigenvalue weighted by Gasteiger charge is -2.26. The molecule has 11 heteroatoms. The number of ether oxygens (including phenoxy) is 1. The second-order valence-corrected chi connectivity index (χ2v) is 8.76. The number of thiophene rings is 1. The summed E-state index contributed by atoms with van der Waals surface area (Å²) >= 11 is 2.25. The Morgan fingerprint density at radius 2 is 2.08 bits per heavy atom. The molecule has 1 aromatic rings. The zero-order valence-corrected chi connectivity index (χ0v) is 15.2. The second kappa shape index (κ2) is 8.81. The molecule has 0 unspecified atom stereocenters. The first-order valence-electron chi connectivity index (χ1n) is 7.16. The lowest BCUT2D eigenvalue weighted by Crippen LogP contribution is -2.41. The normalized spacial score (nSPS) is 16.0. The SMILES string of the molecule is O=C(O)CSCCNC(=O)c1sccc1S(=O)(=O)N1CCOCC1. The quantitative estimate of drug-likeness (QED) is 0.610. The summed E-state index contributed by atoms with van der Waals surface area (Å²) in [5.41, 5.74) is 0. The molecule has 2 heterocycles. The summed E-state index contributed by atoms with van der Waals surface area (Å²) in [7, 11) is -3.72. The van der Waals surface area contributed by atoms with Crippen molar-refractivity contribution in [2.45, 2.75) is 4.90 Å². The predicted molar refractivity (Wildman–Crippen MR) is 91.2 cm³/mol. The average Bonchev–Trinajstić information content (AvgIpc) is 3.05. The van der Waals surface area contributed by atoms with Crippen LogP contribution in [0.25, 0.3) is 0 Å². The van der Waals surface area contributed by atoms with E-state index in [1.165, 1.54) is 22.1 Å². The minimum Gasteiger partial charge on any atom is -0.481 e. The van der Waals surface area contributed by atoms with Crippen LogP contribution in [0.3, 0.4) is 0 Å². The molecule has 8 nitrogen and oxygen atoms in total. The summed E-state index contributed by atoms with van der Waals surface area (Å²) in [5, 5.41) is 12.7. The molecule has 0 aliphatic carbocycles. The van der Waals surface area contributed by atoms with Gasteiger partial charge in [-0.05, 0) is 11.4 Å². The largest absolute Gasteiger partial charge is 0.481 e. The third-order valence-electron chi connectivity index (χ3n) is 3.18. The van der Waals surface area contributed by atoms with Crippen molar-refractivity contribution in [2.24, 2.45) is 0 Å². The number of hydrogen-bond donors (Lipinski definition) is 2. The van der Waals surface area contributed by atoms with Crippen LogP contribution in [0, 0.1) is 0 Å². The van der Waals surface area contributed by atoms with Crippen LogP contribution >= 0.6 is 23.1 Å². The summed E-state index contributed by atoms with van der Waals surface area (Å²) in [5.74, 6) is -0.975. The number of nitrogens with one attached hydrogen (secondary N) is 1. The van der Waals surface area contributed by atoms with Gasteiger partial charge >= 0.3 is 5.97 Å². The van der Waals surface area contributed by atoms with Crippen molar-refractivity contribution in [2.75, 3.05) is 44.4 Å². The molecule has 1 aromatic heterocycles. The molecule has 0 radical (unpaired) electrons. The Hall–Kier alpha value is -1.14. The highest BCUT2D eigenvalue weighted by molar-refractivity contribution is 7.99. The number of amides is 1. The lowest BCUT2D eigenvalue weighted by atomic mass is 10.4. The van der Waals surface area contributed by atoms with Gasteiger partial charge in [-0.1, -0.05) is 0 Å². The van der Waals surface area contributed by atoms with Crippen LogP contribution < -0.4 is 5.32 Å². The Morgan fingerprint density at radius 3 is 2.75 bits per heavy atom. The van der Waals surface area contributed by atoms with Gasteiger partial charge in [0.05, 0.1) is 19.0 Å². The van der Waals surface area contributed by atoms with E-state index >= 15 is 0 Å². The number of aliphatic carboxylic acids is 1. The van der Waals surface area contributed by atoms with Gasteiger partial charge in [0.2, 0.25) is 10.0 Å². The molecular formula is C13H18N2O6S3. The van der Waals surface area contributed by atoms with E-state index in [1.54, 1.807) is 5.38 Å². The Balaban J connectivity index is 1.98. The van der Waals surface area contributed by atoms with Crippen LogP contribution in [0.1, 0.15) is 9.67 Å². The first-order valence-corrected chi connectivity index (χ1v) is 10.6. The first kappa shape index (κ1) is 19.2. The number of hydrogen-bond acceptors (Lipinski definition) is 7. The number of thioether (sulfide) groups is 1. The summed E-state index contributed by atoms with van der Waals surface area (Å²) in [4.78, 5) is 22.8. The third kappa shape index (κ3) is 4.93. The summed E-state index contributed by atoms with van der Waals surface area (Å²) in [6.07, 6.45) is 0. The molecular weight excluding hydrogens is 376 g/mol. The fourth-order valence-electron chi connectivity index (χ4n) is 2.07. The Kier molecular flexibility index (Phi) is 7.04. The third-order valence-corrected chi connectivity index (χ3v) is 7.11. The Morgan fingerprint density at radius 1 is 1.38 bits per heavy atom. The van der Waals surface area contributed by atoms with Crippen LogP contribution in [0.5, 0.6) is 0 Å². The van der Waals surface area contributed by atoms with E-state index in [9.17, 15) is 18.0 Å². The van der Waals surface area contributed by atoms with Crippen LogP contribution in [0.15, 0.2) is 16.3 Å². The molecule has 1 aliphatic rings. The van der Waals surface area contributed by atoms with Gasteiger partial charge in [-0.15, -0.1) is 23.1 Å². The number of morpholine rings is 1. The van der Waals surface area contributed by atoms with Crippen molar-refractivity contribution in [3.63, 3.8) is 0 Å². The van der Waals surface area contributed by atoms with Crippen molar-refractivity contribution < 1.29 is 27.9 Å². The zero-order chi connectivity index (χ0) is 17.6. The van der Waals surface area contributed by atoms with Crippen molar-refractivity contribution in [1.82, 2.24) is 9.62 Å². The predicted octanol–water partition coefficient (Wildman–Crippen LogP) is 0.317. The topological polar surface area (TPSA) is 113 Å². The number of carboxylic acid groups (broad SMARTS) is 1. The molecule has 0 saturated carbocycles. The maximum absolute atomic E-state index is 12.7. The molecule has 0 bridgehead atoms. The van der Waals surface area contributed by atoms with Crippen LogP contribution in [0.2, 0.25) is 0 Å². The molecule has 1 fully saturated rings. The van der Waals surface area contributed by atoms with E-state index in [0.29, 0.717) is 19.0 Å².